The number of phenols is 1. The van der Waals surface area contributed by atoms with Crippen LogP contribution < -0.4 is 5.32 Å². The van der Waals surface area contributed by atoms with E-state index in [4.69, 9.17) is 0 Å². The fourth-order valence-corrected chi connectivity index (χ4v) is 1.20. The highest BCUT2D eigenvalue weighted by Gasteiger charge is 2.11. The second-order valence-corrected chi connectivity index (χ2v) is 4.19. The summed E-state index contributed by atoms with van der Waals surface area (Å²) in [6.07, 6.45) is 0. The van der Waals surface area contributed by atoms with Crippen molar-refractivity contribution in [2.45, 2.75) is 26.0 Å². The number of benzene rings is 1. The van der Waals surface area contributed by atoms with E-state index in [2.05, 4.69) is 5.32 Å². The van der Waals surface area contributed by atoms with E-state index in [1.807, 2.05) is 0 Å². The Morgan fingerprint density at radius 1 is 1.40 bits per heavy atom. The average molecular weight is 213 g/mol. The molecule has 0 radical (unpaired) electrons. The number of phenolic OH excluding ortho intramolecular Hbond substituents is 1. The van der Waals surface area contributed by atoms with Crippen LogP contribution in [0.1, 0.15) is 19.4 Å². The van der Waals surface area contributed by atoms with E-state index < -0.39 is 5.60 Å². The fourth-order valence-electron chi connectivity index (χ4n) is 1.20. The predicted molar refractivity (Wildman–Crippen MR) is 56.1 cm³/mol. The van der Waals surface area contributed by atoms with Gasteiger partial charge >= 0.3 is 0 Å². The Kier molecular flexibility index (Phi) is 3.66. The molecule has 0 bridgehead atoms. The van der Waals surface area contributed by atoms with Crippen LogP contribution >= 0.6 is 0 Å². The quantitative estimate of drug-likeness (QED) is 0.708. The number of hydrogen-bond acceptors (Lipinski definition) is 3. The van der Waals surface area contributed by atoms with Gasteiger partial charge in [0.1, 0.15) is 11.6 Å². The first-order valence-corrected chi connectivity index (χ1v) is 4.79. The van der Waals surface area contributed by atoms with Gasteiger partial charge < -0.3 is 15.5 Å². The molecule has 84 valence electrons. The number of nitrogens with one attached hydrogen (secondary N) is 1. The van der Waals surface area contributed by atoms with E-state index in [1.165, 1.54) is 18.2 Å². The van der Waals surface area contributed by atoms with E-state index in [0.717, 1.165) is 0 Å². The van der Waals surface area contributed by atoms with Crippen molar-refractivity contribution in [3.05, 3.63) is 29.6 Å². The molecule has 1 rings (SSSR count). The zero-order valence-electron chi connectivity index (χ0n) is 8.92. The number of rotatable bonds is 4. The maximum absolute atomic E-state index is 12.8. The number of aromatic hydroxyl groups is 1. The van der Waals surface area contributed by atoms with Crippen LogP contribution in [0.4, 0.5) is 4.39 Å². The molecule has 0 fully saturated rings. The van der Waals surface area contributed by atoms with Gasteiger partial charge in [-0.2, -0.15) is 0 Å². The Hall–Kier alpha value is -1.13. The van der Waals surface area contributed by atoms with Crippen LogP contribution in [-0.4, -0.2) is 22.4 Å². The molecule has 0 spiro atoms. The van der Waals surface area contributed by atoms with Crippen molar-refractivity contribution in [3.8, 4) is 5.75 Å². The highest BCUT2D eigenvalue weighted by Crippen LogP contribution is 2.17. The lowest BCUT2D eigenvalue weighted by atomic mass is 10.1. The molecule has 4 heteroatoms. The minimum absolute atomic E-state index is 0.0552. The molecule has 0 aliphatic rings. The lowest BCUT2D eigenvalue weighted by Gasteiger charge is -2.17. The molecule has 0 amide bonds. The topological polar surface area (TPSA) is 52.5 Å². The Bertz CT molecular complexity index is 334. The first-order valence-electron chi connectivity index (χ1n) is 4.79. The van der Waals surface area contributed by atoms with Crippen molar-refractivity contribution >= 4 is 0 Å². The lowest BCUT2D eigenvalue weighted by molar-refractivity contribution is 0.0794. The van der Waals surface area contributed by atoms with Gasteiger partial charge in [0.25, 0.3) is 0 Å². The maximum atomic E-state index is 12.8. The van der Waals surface area contributed by atoms with Gasteiger partial charge in [0, 0.05) is 18.7 Å². The van der Waals surface area contributed by atoms with Crippen molar-refractivity contribution in [1.29, 1.82) is 0 Å². The first kappa shape index (κ1) is 11.9. The Morgan fingerprint density at radius 2 is 2.07 bits per heavy atom. The van der Waals surface area contributed by atoms with Crippen LogP contribution in [0.3, 0.4) is 0 Å². The normalized spacial score (nSPS) is 11.7. The van der Waals surface area contributed by atoms with Crippen LogP contribution in [0.25, 0.3) is 0 Å². The lowest BCUT2D eigenvalue weighted by Crippen LogP contribution is -2.34. The van der Waals surface area contributed by atoms with Crippen molar-refractivity contribution in [1.82, 2.24) is 5.32 Å². The van der Waals surface area contributed by atoms with Crippen LogP contribution in [0.5, 0.6) is 5.75 Å². The summed E-state index contributed by atoms with van der Waals surface area (Å²) in [4.78, 5) is 0. The zero-order chi connectivity index (χ0) is 11.5. The van der Waals surface area contributed by atoms with Crippen molar-refractivity contribution in [2.24, 2.45) is 0 Å². The van der Waals surface area contributed by atoms with Gasteiger partial charge in [0.05, 0.1) is 5.60 Å². The van der Waals surface area contributed by atoms with Gasteiger partial charge in [-0.1, -0.05) is 0 Å². The Morgan fingerprint density at radius 3 is 2.67 bits per heavy atom. The summed E-state index contributed by atoms with van der Waals surface area (Å²) >= 11 is 0. The number of halogens is 1. The summed E-state index contributed by atoms with van der Waals surface area (Å²) in [5.41, 5.74) is -0.331. The molecule has 0 saturated heterocycles. The van der Waals surface area contributed by atoms with Crippen molar-refractivity contribution < 1.29 is 14.6 Å². The summed E-state index contributed by atoms with van der Waals surface area (Å²) in [5.74, 6) is -0.326. The molecular weight excluding hydrogens is 197 g/mol. The molecule has 1 aromatic rings. The maximum Gasteiger partial charge on any atom is 0.123 e. The number of aliphatic hydroxyl groups is 1. The second-order valence-electron chi connectivity index (χ2n) is 4.19. The molecule has 0 saturated carbocycles. The molecule has 3 N–H and O–H groups in total. The summed E-state index contributed by atoms with van der Waals surface area (Å²) < 4.78 is 12.8. The minimum Gasteiger partial charge on any atom is -0.508 e. The molecule has 0 atom stereocenters. The van der Waals surface area contributed by atoms with E-state index in [-0.39, 0.29) is 11.6 Å². The Labute approximate surface area is 88.6 Å². The van der Waals surface area contributed by atoms with Crippen LogP contribution in [0.15, 0.2) is 18.2 Å². The summed E-state index contributed by atoms with van der Waals surface area (Å²) in [5, 5.41) is 21.7. The molecule has 1 aromatic carbocycles. The van der Waals surface area contributed by atoms with Crippen LogP contribution in [0.2, 0.25) is 0 Å². The molecule has 3 nitrogen and oxygen atoms in total. The number of hydrogen-bond donors (Lipinski definition) is 3. The standard InChI is InChI=1S/C11H16FNO2/c1-11(2,15)7-13-6-8-5-9(12)3-4-10(8)14/h3-5,13-15H,6-7H2,1-2H3. The van der Waals surface area contributed by atoms with Gasteiger partial charge in [0.2, 0.25) is 0 Å². The molecule has 0 aliphatic heterocycles. The smallest absolute Gasteiger partial charge is 0.123 e. The van der Waals surface area contributed by atoms with Gasteiger partial charge in [-0.25, -0.2) is 4.39 Å². The highest BCUT2D eigenvalue weighted by atomic mass is 19.1. The van der Waals surface area contributed by atoms with E-state index in [9.17, 15) is 14.6 Å². The van der Waals surface area contributed by atoms with Gasteiger partial charge in [-0.3, -0.25) is 0 Å². The summed E-state index contributed by atoms with van der Waals surface area (Å²) in [6, 6.07) is 3.79. The minimum atomic E-state index is -0.817. The van der Waals surface area contributed by atoms with E-state index in [1.54, 1.807) is 13.8 Å². The van der Waals surface area contributed by atoms with Crippen LogP contribution in [0, 0.1) is 5.82 Å². The van der Waals surface area contributed by atoms with Gasteiger partial charge in [-0.15, -0.1) is 0 Å². The molecule has 0 aromatic heterocycles. The zero-order valence-corrected chi connectivity index (χ0v) is 8.92. The molecule has 0 aliphatic carbocycles. The van der Waals surface area contributed by atoms with Gasteiger partial charge in [-0.05, 0) is 32.0 Å². The van der Waals surface area contributed by atoms with E-state index in [0.29, 0.717) is 18.7 Å². The first-order chi connectivity index (χ1) is 6.88. The molecular formula is C11H16FNO2. The largest absolute Gasteiger partial charge is 0.508 e. The average Bonchev–Trinajstić information content (AvgIpc) is 2.09. The van der Waals surface area contributed by atoms with Crippen molar-refractivity contribution in [3.63, 3.8) is 0 Å². The third kappa shape index (κ3) is 4.27. The predicted octanol–water partition coefficient (Wildman–Crippen LogP) is 1.39. The summed E-state index contributed by atoms with van der Waals surface area (Å²) in [6.45, 7) is 4.05. The van der Waals surface area contributed by atoms with Gasteiger partial charge in [0.15, 0.2) is 0 Å². The van der Waals surface area contributed by atoms with E-state index >= 15 is 0 Å². The third-order valence-corrected chi connectivity index (χ3v) is 1.91. The van der Waals surface area contributed by atoms with Crippen molar-refractivity contribution in [2.75, 3.05) is 6.54 Å². The fraction of sp³-hybridized carbons (Fsp3) is 0.455. The summed E-state index contributed by atoms with van der Waals surface area (Å²) in [7, 11) is 0. The highest BCUT2D eigenvalue weighted by molar-refractivity contribution is 5.32. The SMILES string of the molecule is CC(C)(O)CNCc1cc(F)ccc1O. The van der Waals surface area contributed by atoms with Crippen LogP contribution in [-0.2, 0) is 6.54 Å². The third-order valence-electron chi connectivity index (χ3n) is 1.91. The molecule has 0 heterocycles. The monoisotopic (exact) mass is 213 g/mol. The molecule has 15 heavy (non-hydrogen) atoms. The Balaban J connectivity index is 2.54. The second kappa shape index (κ2) is 4.59. The molecule has 0 unspecified atom stereocenters.